The molecular weight excluding hydrogens is 540 g/mol. The third-order valence-electron chi connectivity index (χ3n) is 5.65. The standard InChI is InChI=1S/C27H26N4O6S2/c1-3-36-20-13-9-18(10-14-20)28-23(32)16-21-25(34)30(19-11-7-17(8-12-19)26(35)37-4-2)27(38)31(21)29-24(33)22-6-5-15-39-22/h5-15,21H,3-4,16H2,1-2H3,(H,28,32)(H,29,33). The molecule has 10 nitrogen and oxygen atoms in total. The van der Waals surface area contributed by atoms with E-state index in [1.807, 2.05) is 6.92 Å². The average Bonchev–Trinajstić information content (AvgIpc) is 3.54. The molecule has 3 aromatic rings. The summed E-state index contributed by atoms with van der Waals surface area (Å²) in [7, 11) is 0. The molecule has 0 saturated carbocycles. The zero-order valence-electron chi connectivity index (χ0n) is 21.2. The van der Waals surface area contributed by atoms with Crippen molar-refractivity contribution in [1.29, 1.82) is 0 Å². The number of rotatable bonds is 10. The van der Waals surface area contributed by atoms with Crippen LogP contribution in [0.2, 0.25) is 0 Å². The molecule has 4 rings (SSSR count). The predicted octanol–water partition coefficient (Wildman–Crippen LogP) is 4.00. The van der Waals surface area contributed by atoms with Crippen molar-refractivity contribution in [3.05, 3.63) is 76.5 Å². The maximum Gasteiger partial charge on any atom is 0.338 e. The van der Waals surface area contributed by atoms with E-state index in [1.54, 1.807) is 60.8 Å². The normalized spacial score (nSPS) is 14.8. The van der Waals surface area contributed by atoms with Crippen LogP contribution in [0.3, 0.4) is 0 Å². The summed E-state index contributed by atoms with van der Waals surface area (Å²) in [5.41, 5.74) is 3.89. The number of hydrogen-bond donors (Lipinski definition) is 2. The summed E-state index contributed by atoms with van der Waals surface area (Å²) in [6, 6.07) is 15.2. The van der Waals surface area contributed by atoms with E-state index in [1.165, 1.54) is 33.4 Å². The topological polar surface area (TPSA) is 117 Å². The molecule has 1 saturated heterocycles. The van der Waals surface area contributed by atoms with E-state index in [4.69, 9.17) is 21.7 Å². The van der Waals surface area contributed by atoms with Gasteiger partial charge in [0.25, 0.3) is 11.8 Å². The summed E-state index contributed by atoms with van der Waals surface area (Å²) in [5, 5.41) is 5.74. The second-order valence-corrected chi connectivity index (χ2v) is 9.55. The van der Waals surface area contributed by atoms with Gasteiger partial charge in [0.2, 0.25) is 11.0 Å². The minimum absolute atomic E-state index is 0.00680. The zero-order chi connectivity index (χ0) is 27.9. The van der Waals surface area contributed by atoms with Gasteiger partial charge in [0, 0.05) is 5.69 Å². The van der Waals surface area contributed by atoms with Crippen molar-refractivity contribution in [2.75, 3.05) is 23.4 Å². The number of benzene rings is 2. The summed E-state index contributed by atoms with van der Waals surface area (Å²) in [6.07, 6.45) is -0.283. The van der Waals surface area contributed by atoms with Gasteiger partial charge in [0.1, 0.15) is 11.8 Å². The highest BCUT2D eigenvalue weighted by atomic mass is 32.1. The molecule has 1 aliphatic heterocycles. The quantitative estimate of drug-likeness (QED) is 0.279. The Morgan fingerprint density at radius 3 is 2.33 bits per heavy atom. The van der Waals surface area contributed by atoms with Crippen LogP contribution in [0.1, 0.15) is 40.3 Å². The lowest BCUT2D eigenvalue weighted by Crippen LogP contribution is -2.49. The van der Waals surface area contributed by atoms with E-state index in [0.717, 1.165) is 0 Å². The highest BCUT2D eigenvalue weighted by Crippen LogP contribution is 2.27. The molecule has 3 amide bonds. The molecule has 2 N–H and O–H groups in total. The third kappa shape index (κ3) is 6.41. The highest BCUT2D eigenvalue weighted by molar-refractivity contribution is 7.80. The minimum atomic E-state index is -1.10. The molecule has 2 aromatic carbocycles. The number of hydrazine groups is 1. The van der Waals surface area contributed by atoms with Gasteiger partial charge in [-0.1, -0.05) is 6.07 Å². The first-order chi connectivity index (χ1) is 18.8. The van der Waals surface area contributed by atoms with E-state index in [0.29, 0.717) is 34.2 Å². The molecule has 202 valence electrons. The maximum atomic E-state index is 13.6. The lowest BCUT2D eigenvalue weighted by molar-refractivity contribution is -0.124. The van der Waals surface area contributed by atoms with Crippen molar-refractivity contribution < 1.29 is 28.7 Å². The third-order valence-corrected chi connectivity index (χ3v) is 6.89. The van der Waals surface area contributed by atoms with Crippen LogP contribution in [0.4, 0.5) is 11.4 Å². The largest absolute Gasteiger partial charge is 0.494 e. The molecule has 1 fully saturated rings. The Balaban J connectivity index is 1.55. The van der Waals surface area contributed by atoms with Crippen LogP contribution in [0, 0.1) is 0 Å². The van der Waals surface area contributed by atoms with Gasteiger partial charge in [0.15, 0.2) is 0 Å². The van der Waals surface area contributed by atoms with Crippen molar-refractivity contribution in [3.63, 3.8) is 0 Å². The number of esters is 1. The van der Waals surface area contributed by atoms with Crippen LogP contribution in [0.25, 0.3) is 0 Å². The number of amides is 3. The van der Waals surface area contributed by atoms with Gasteiger partial charge < -0.3 is 14.8 Å². The van der Waals surface area contributed by atoms with Crippen LogP contribution < -0.4 is 20.4 Å². The number of hydrogen-bond acceptors (Lipinski definition) is 8. The molecule has 1 aliphatic rings. The number of ether oxygens (including phenoxy) is 2. The second-order valence-electron chi connectivity index (χ2n) is 8.24. The minimum Gasteiger partial charge on any atom is -0.494 e. The summed E-state index contributed by atoms with van der Waals surface area (Å²) in [4.78, 5) is 53.1. The van der Waals surface area contributed by atoms with Gasteiger partial charge in [-0.2, -0.15) is 0 Å². The Morgan fingerprint density at radius 2 is 1.72 bits per heavy atom. The molecule has 12 heteroatoms. The summed E-state index contributed by atoms with van der Waals surface area (Å²) < 4.78 is 10.4. The molecule has 1 atom stereocenters. The predicted molar refractivity (Wildman–Crippen MR) is 151 cm³/mol. The van der Waals surface area contributed by atoms with Crippen LogP contribution in [-0.4, -0.2) is 53.1 Å². The lowest BCUT2D eigenvalue weighted by Gasteiger charge is -2.24. The first-order valence-corrected chi connectivity index (χ1v) is 13.4. The Hall–Kier alpha value is -4.29. The van der Waals surface area contributed by atoms with E-state index in [-0.39, 0.29) is 18.1 Å². The maximum absolute atomic E-state index is 13.6. The monoisotopic (exact) mass is 566 g/mol. The smallest absolute Gasteiger partial charge is 0.338 e. The number of nitrogens with zero attached hydrogens (tertiary/aromatic N) is 2. The molecule has 39 heavy (non-hydrogen) atoms. The van der Waals surface area contributed by atoms with Gasteiger partial charge in [-0.3, -0.25) is 24.7 Å². The SMILES string of the molecule is CCOC(=O)c1ccc(N2C(=O)C(CC(=O)Nc3ccc(OCC)cc3)N(NC(=O)c3cccs3)C2=S)cc1. The van der Waals surface area contributed by atoms with Gasteiger partial charge in [-0.15, -0.1) is 11.3 Å². The second kappa shape index (κ2) is 12.5. The van der Waals surface area contributed by atoms with Crippen molar-refractivity contribution in [2.24, 2.45) is 0 Å². The van der Waals surface area contributed by atoms with Crippen LogP contribution in [0.5, 0.6) is 5.75 Å². The molecule has 2 heterocycles. The van der Waals surface area contributed by atoms with Crippen molar-refractivity contribution in [1.82, 2.24) is 10.4 Å². The van der Waals surface area contributed by atoms with Crippen molar-refractivity contribution in [2.45, 2.75) is 26.3 Å². The molecule has 0 spiro atoms. The number of anilines is 2. The van der Waals surface area contributed by atoms with Gasteiger partial charge in [0.05, 0.1) is 35.8 Å². The lowest BCUT2D eigenvalue weighted by atomic mass is 10.1. The van der Waals surface area contributed by atoms with Crippen molar-refractivity contribution in [3.8, 4) is 5.75 Å². The molecule has 1 unspecified atom stereocenters. The summed E-state index contributed by atoms with van der Waals surface area (Å²) in [6.45, 7) is 4.33. The van der Waals surface area contributed by atoms with E-state index < -0.39 is 29.7 Å². The fraction of sp³-hybridized carbons (Fsp3) is 0.222. The van der Waals surface area contributed by atoms with Gasteiger partial charge in [-0.05, 0) is 86.0 Å². The van der Waals surface area contributed by atoms with Crippen molar-refractivity contribution >= 4 is 63.7 Å². The molecule has 0 bridgehead atoms. The number of thiocarbonyl (C=S) groups is 1. The highest BCUT2D eigenvalue weighted by Gasteiger charge is 2.45. The fourth-order valence-electron chi connectivity index (χ4n) is 3.86. The van der Waals surface area contributed by atoms with E-state index in [9.17, 15) is 19.2 Å². The Kier molecular flexibility index (Phi) is 8.89. The molecule has 0 radical (unpaired) electrons. The van der Waals surface area contributed by atoms with E-state index >= 15 is 0 Å². The Labute approximate surface area is 234 Å². The average molecular weight is 567 g/mol. The van der Waals surface area contributed by atoms with Crippen LogP contribution in [-0.2, 0) is 14.3 Å². The van der Waals surface area contributed by atoms with Gasteiger partial charge in [-0.25, -0.2) is 9.80 Å². The summed E-state index contributed by atoms with van der Waals surface area (Å²) >= 11 is 6.81. The molecule has 1 aromatic heterocycles. The van der Waals surface area contributed by atoms with Crippen LogP contribution >= 0.6 is 23.6 Å². The first kappa shape index (κ1) is 27.7. The van der Waals surface area contributed by atoms with Crippen LogP contribution in [0.15, 0.2) is 66.0 Å². The molecular formula is C27H26N4O6S2. The Morgan fingerprint density at radius 1 is 1.00 bits per heavy atom. The number of thiophene rings is 1. The Bertz CT molecular complexity index is 1360. The first-order valence-electron chi connectivity index (χ1n) is 12.1. The van der Waals surface area contributed by atoms with E-state index in [2.05, 4.69) is 10.7 Å². The number of nitrogens with one attached hydrogen (secondary N) is 2. The number of carbonyl (C=O) groups is 4. The fourth-order valence-corrected chi connectivity index (χ4v) is 4.84. The van der Waals surface area contributed by atoms with Gasteiger partial charge >= 0.3 is 5.97 Å². The summed E-state index contributed by atoms with van der Waals surface area (Å²) in [5.74, 6) is -1.24. The molecule has 0 aliphatic carbocycles. The number of carbonyl (C=O) groups excluding carboxylic acids is 4. The zero-order valence-corrected chi connectivity index (χ0v) is 22.8.